The van der Waals surface area contributed by atoms with E-state index in [2.05, 4.69) is 44.4 Å². The maximum Gasteiger partial charge on any atom is 0.0202 e. The predicted molar refractivity (Wildman–Crippen MR) is 48.9 cm³/mol. The van der Waals surface area contributed by atoms with E-state index in [1.165, 1.54) is 11.4 Å². The van der Waals surface area contributed by atoms with Crippen LogP contribution in [-0.2, 0) is 6.54 Å². The summed E-state index contributed by atoms with van der Waals surface area (Å²) in [6.45, 7) is 9.92. The van der Waals surface area contributed by atoms with Gasteiger partial charge in [0, 0.05) is 17.9 Å². The van der Waals surface area contributed by atoms with Gasteiger partial charge in [-0.3, -0.25) is 0 Å². The molecule has 1 rings (SSSR count). The molecule has 0 bridgehead atoms. The molecule has 0 saturated heterocycles. The minimum Gasteiger partial charge on any atom is -0.349 e. The molecule has 0 unspecified atom stereocenters. The summed E-state index contributed by atoms with van der Waals surface area (Å²) in [6, 6.07) is 4.42. The van der Waals surface area contributed by atoms with Crippen molar-refractivity contribution in [2.75, 3.05) is 0 Å². The molecule has 0 aliphatic carbocycles. The largest absolute Gasteiger partial charge is 0.349 e. The lowest BCUT2D eigenvalue weighted by atomic mass is 10.1. The molecule has 0 saturated carbocycles. The number of aromatic nitrogens is 1. The Balaban J connectivity index is 3.05. The lowest BCUT2D eigenvalue weighted by Gasteiger charge is -2.10. The zero-order valence-corrected chi connectivity index (χ0v) is 7.89. The van der Waals surface area contributed by atoms with Gasteiger partial charge in [-0.05, 0) is 31.9 Å². The van der Waals surface area contributed by atoms with Gasteiger partial charge in [-0.2, -0.15) is 0 Å². The number of rotatable bonds is 2. The first-order chi connectivity index (χ1) is 5.16. The molecule has 0 atom stereocenters. The van der Waals surface area contributed by atoms with Crippen LogP contribution in [0.3, 0.4) is 0 Å². The van der Waals surface area contributed by atoms with Gasteiger partial charge in [0.25, 0.3) is 0 Å². The van der Waals surface area contributed by atoms with E-state index in [1.807, 2.05) is 0 Å². The average molecular weight is 151 g/mol. The molecule has 1 aromatic rings. The minimum atomic E-state index is 0.642. The second kappa shape index (κ2) is 3.12. The number of aryl methyl sites for hydroxylation is 1. The fourth-order valence-corrected chi connectivity index (χ4v) is 1.53. The Morgan fingerprint density at radius 1 is 1.36 bits per heavy atom. The highest BCUT2D eigenvalue weighted by molar-refractivity contribution is 5.17. The standard InChI is InChI=1S/C10H17N/c1-5-11-9(4)6-7-10(11)8(2)3/h6-8H,5H2,1-4H3. The first-order valence-corrected chi connectivity index (χ1v) is 4.32. The van der Waals surface area contributed by atoms with E-state index >= 15 is 0 Å². The Kier molecular flexibility index (Phi) is 2.38. The Morgan fingerprint density at radius 2 is 2.00 bits per heavy atom. The van der Waals surface area contributed by atoms with Gasteiger partial charge in [-0.25, -0.2) is 0 Å². The van der Waals surface area contributed by atoms with Gasteiger partial charge >= 0.3 is 0 Å². The predicted octanol–water partition coefficient (Wildman–Crippen LogP) is 2.94. The van der Waals surface area contributed by atoms with Gasteiger partial charge in [0.1, 0.15) is 0 Å². The quantitative estimate of drug-likeness (QED) is 0.612. The van der Waals surface area contributed by atoms with Crippen molar-refractivity contribution in [3.63, 3.8) is 0 Å². The Morgan fingerprint density at radius 3 is 2.36 bits per heavy atom. The highest BCUT2D eigenvalue weighted by Crippen LogP contribution is 2.17. The van der Waals surface area contributed by atoms with Crippen LogP contribution in [-0.4, -0.2) is 4.57 Å². The highest BCUT2D eigenvalue weighted by Gasteiger charge is 2.05. The molecule has 0 spiro atoms. The topological polar surface area (TPSA) is 4.93 Å². The third-order valence-electron chi connectivity index (χ3n) is 2.14. The third-order valence-corrected chi connectivity index (χ3v) is 2.14. The first-order valence-electron chi connectivity index (χ1n) is 4.32. The maximum atomic E-state index is 2.37. The number of hydrogen-bond acceptors (Lipinski definition) is 0. The lowest BCUT2D eigenvalue weighted by Crippen LogP contribution is -2.03. The normalized spacial score (nSPS) is 11.0. The second-order valence-corrected chi connectivity index (χ2v) is 3.30. The molecular formula is C10H17N. The van der Waals surface area contributed by atoms with E-state index in [9.17, 15) is 0 Å². The van der Waals surface area contributed by atoms with Gasteiger partial charge in [-0.1, -0.05) is 13.8 Å². The molecule has 1 nitrogen and oxygen atoms in total. The van der Waals surface area contributed by atoms with E-state index < -0.39 is 0 Å². The highest BCUT2D eigenvalue weighted by atomic mass is 15.0. The van der Waals surface area contributed by atoms with Crippen LogP contribution in [0.15, 0.2) is 12.1 Å². The summed E-state index contributed by atoms with van der Waals surface area (Å²) in [5, 5.41) is 0. The summed E-state index contributed by atoms with van der Waals surface area (Å²) >= 11 is 0. The molecule has 0 amide bonds. The lowest BCUT2D eigenvalue weighted by molar-refractivity contribution is 0.657. The van der Waals surface area contributed by atoms with Crippen LogP contribution in [0, 0.1) is 6.92 Å². The van der Waals surface area contributed by atoms with Gasteiger partial charge in [0.15, 0.2) is 0 Å². The number of hydrogen-bond donors (Lipinski definition) is 0. The Labute approximate surface area is 69.0 Å². The van der Waals surface area contributed by atoms with Crippen molar-refractivity contribution in [3.05, 3.63) is 23.5 Å². The summed E-state index contributed by atoms with van der Waals surface area (Å²) in [5.41, 5.74) is 2.82. The van der Waals surface area contributed by atoms with E-state index in [4.69, 9.17) is 0 Å². The molecule has 0 aromatic carbocycles. The molecule has 11 heavy (non-hydrogen) atoms. The monoisotopic (exact) mass is 151 g/mol. The fourth-order valence-electron chi connectivity index (χ4n) is 1.53. The van der Waals surface area contributed by atoms with Crippen molar-refractivity contribution >= 4 is 0 Å². The number of nitrogens with zero attached hydrogens (tertiary/aromatic N) is 1. The molecule has 0 aliphatic heterocycles. The fraction of sp³-hybridized carbons (Fsp3) is 0.600. The van der Waals surface area contributed by atoms with Crippen molar-refractivity contribution in [3.8, 4) is 0 Å². The molecule has 1 heteroatoms. The molecular weight excluding hydrogens is 134 g/mol. The molecule has 62 valence electrons. The molecule has 1 aromatic heterocycles. The summed E-state index contributed by atoms with van der Waals surface area (Å²) in [4.78, 5) is 0. The van der Waals surface area contributed by atoms with Crippen LogP contribution >= 0.6 is 0 Å². The van der Waals surface area contributed by atoms with Crippen LogP contribution < -0.4 is 0 Å². The van der Waals surface area contributed by atoms with Crippen molar-refractivity contribution < 1.29 is 0 Å². The van der Waals surface area contributed by atoms with Crippen LogP contribution in [0.2, 0.25) is 0 Å². The van der Waals surface area contributed by atoms with Crippen LogP contribution in [0.5, 0.6) is 0 Å². The van der Waals surface area contributed by atoms with E-state index in [-0.39, 0.29) is 0 Å². The molecule has 0 radical (unpaired) electrons. The molecule has 1 heterocycles. The average Bonchev–Trinajstić information content (AvgIpc) is 2.30. The Bertz CT molecular complexity index is 233. The van der Waals surface area contributed by atoms with Gasteiger partial charge < -0.3 is 4.57 Å². The minimum absolute atomic E-state index is 0.642. The SMILES string of the molecule is CCn1c(C)ccc1C(C)C. The van der Waals surface area contributed by atoms with Crippen molar-refractivity contribution in [2.24, 2.45) is 0 Å². The molecule has 0 aliphatic rings. The van der Waals surface area contributed by atoms with Crippen molar-refractivity contribution in [2.45, 2.75) is 40.2 Å². The van der Waals surface area contributed by atoms with Crippen molar-refractivity contribution in [1.82, 2.24) is 4.57 Å². The second-order valence-electron chi connectivity index (χ2n) is 3.30. The zero-order chi connectivity index (χ0) is 8.43. The maximum absolute atomic E-state index is 2.37. The van der Waals surface area contributed by atoms with E-state index in [1.54, 1.807) is 0 Å². The third kappa shape index (κ3) is 1.47. The molecule has 0 fully saturated rings. The zero-order valence-electron chi connectivity index (χ0n) is 7.89. The van der Waals surface area contributed by atoms with Crippen LogP contribution in [0.4, 0.5) is 0 Å². The van der Waals surface area contributed by atoms with Gasteiger partial charge in [0.2, 0.25) is 0 Å². The van der Waals surface area contributed by atoms with Gasteiger partial charge in [-0.15, -0.1) is 0 Å². The molecule has 0 N–H and O–H groups in total. The summed E-state index contributed by atoms with van der Waals surface area (Å²) in [7, 11) is 0. The summed E-state index contributed by atoms with van der Waals surface area (Å²) in [5.74, 6) is 0.642. The van der Waals surface area contributed by atoms with E-state index in [0.717, 1.165) is 6.54 Å². The van der Waals surface area contributed by atoms with Crippen LogP contribution in [0.1, 0.15) is 38.1 Å². The summed E-state index contributed by atoms with van der Waals surface area (Å²) in [6.07, 6.45) is 0. The van der Waals surface area contributed by atoms with Gasteiger partial charge in [0.05, 0.1) is 0 Å². The van der Waals surface area contributed by atoms with E-state index in [0.29, 0.717) is 5.92 Å². The Hall–Kier alpha value is -0.720. The smallest absolute Gasteiger partial charge is 0.0202 e. The summed E-state index contributed by atoms with van der Waals surface area (Å²) < 4.78 is 2.37. The van der Waals surface area contributed by atoms with Crippen molar-refractivity contribution in [1.29, 1.82) is 0 Å². The first kappa shape index (κ1) is 8.38. The van der Waals surface area contributed by atoms with Crippen LogP contribution in [0.25, 0.3) is 0 Å².